The molecular weight excluding hydrogens is 266 g/mol. The summed E-state index contributed by atoms with van der Waals surface area (Å²) in [6.07, 6.45) is 9.82. The predicted molar refractivity (Wildman–Crippen MR) is 79.6 cm³/mol. The van der Waals surface area contributed by atoms with E-state index >= 15 is 0 Å². The second-order valence-electron chi connectivity index (χ2n) is 6.19. The van der Waals surface area contributed by atoms with E-state index in [2.05, 4.69) is 21.4 Å². The fourth-order valence-corrected chi connectivity index (χ4v) is 4.09. The van der Waals surface area contributed by atoms with Crippen LogP contribution in [0.25, 0.3) is 0 Å². The molecule has 0 amide bonds. The maximum Gasteiger partial charge on any atom is 0.323 e. The van der Waals surface area contributed by atoms with Gasteiger partial charge in [0.05, 0.1) is 13.7 Å². The van der Waals surface area contributed by atoms with Crippen LogP contribution in [0.3, 0.4) is 0 Å². The Balaban J connectivity index is 1.82. The number of ether oxygens (including phenoxy) is 1. The lowest BCUT2D eigenvalue weighted by Crippen LogP contribution is -2.42. The zero-order chi connectivity index (χ0) is 14.8. The molecule has 2 fully saturated rings. The van der Waals surface area contributed by atoms with Crippen molar-refractivity contribution in [1.82, 2.24) is 14.5 Å². The largest absolute Gasteiger partial charge is 0.468 e. The van der Waals surface area contributed by atoms with Crippen molar-refractivity contribution in [3.63, 3.8) is 0 Å². The van der Waals surface area contributed by atoms with Gasteiger partial charge in [0.25, 0.3) is 0 Å². The molecule has 3 rings (SSSR count). The number of likely N-dealkylation sites (tertiary alicyclic amines) is 1. The number of imidazole rings is 1. The number of methoxy groups -OCH3 is 1. The number of hydrogen-bond acceptors (Lipinski definition) is 4. The Labute approximate surface area is 126 Å². The van der Waals surface area contributed by atoms with Crippen LogP contribution in [0.4, 0.5) is 0 Å². The predicted octanol–water partition coefficient (Wildman–Crippen LogP) is 2.21. The Hall–Kier alpha value is -1.36. The number of esters is 1. The first-order valence-electron chi connectivity index (χ1n) is 8.08. The molecule has 2 aliphatic rings. The quantitative estimate of drug-likeness (QED) is 0.798. The number of carbonyl (C=O) groups is 1. The van der Waals surface area contributed by atoms with E-state index in [4.69, 9.17) is 4.74 Å². The number of nitrogens with zero attached hydrogens (tertiary/aromatic N) is 3. The molecule has 1 aliphatic heterocycles. The lowest BCUT2D eigenvalue weighted by Gasteiger charge is -2.33. The number of aromatic nitrogens is 2. The van der Waals surface area contributed by atoms with E-state index in [1.165, 1.54) is 32.8 Å². The molecule has 0 unspecified atom stereocenters. The summed E-state index contributed by atoms with van der Waals surface area (Å²) < 4.78 is 7.20. The molecule has 0 radical (unpaired) electrons. The summed E-state index contributed by atoms with van der Waals surface area (Å²) >= 11 is 0. The zero-order valence-corrected chi connectivity index (χ0v) is 13.0. The minimum atomic E-state index is -0.0925. The van der Waals surface area contributed by atoms with Gasteiger partial charge in [-0.3, -0.25) is 9.69 Å². The van der Waals surface area contributed by atoms with Crippen molar-refractivity contribution in [2.24, 2.45) is 5.92 Å². The molecule has 1 aliphatic carbocycles. The van der Waals surface area contributed by atoms with Crippen LogP contribution in [-0.2, 0) is 22.6 Å². The lowest BCUT2D eigenvalue weighted by atomic mass is 9.85. The van der Waals surface area contributed by atoms with Crippen molar-refractivity contribution in [1.29, 1.82) is 0 Å². The molecule has 1 aromatic rings. The summed E-state index contributed by atoms with van der Waals surface area (Å²) in [4.78, 5) is 19.0. The Morgan fingerprint density at radius 2 is 2.24 bits per heavy atom. The van der Waals surface area contributed by atoms with Gasteiger partial charge < -0.3 is 9.30 Å². The van der Waals surface area contributed by atoms with Crippen LogP contribution in [0.5, 0.6) is 0 Å². The van der Waals surface area contributed by atoms with Gasteiger partial charge in [-0.1, -0.05) is 12.8 Å². The Morgan fingerprint density at radius 3 is 3.00 bits per heavy atom. The number of carbonyl (C=O) groups excluding carboxylic acids is 1. The fourth-order valence-electron chi connectivity index (χ4n) is 4.09. The molecule has 2 heterocycles. The zero-order valence-electron chi connectivity index (χ0n) is 13.0. The van der Waals surface area contributed by atoms with Crippen LogP contribution in [0.2, 0.25) is 0 Å². The molecule has 1 saturated carbocycles. The highest BCUT2D eigenvalue weighted by Gasteiger charge is 2.45. The van der Waals surface area contributed by atoms with Crippen molar-refractivity contribution < 1.29 is 9.53 Å². The highest BCUT2D eigenvalue weighted by molar-refractivity contribution is 5.76. The summed E-state index contributed by atoms with van der Waals surface area (Å²) in [5, 5.41) is 0. The first-order valence-corrected chi connectivity index (χ1v) is 8.08. The van der Waals surface area contributed by atoms with Crippen molar-refractivity contribution >= 4 is 5.97 Å². The van der Waals surface area contributed by atoms with Crippen LogP contribution in [0.1, 0.15) is 44.9 Å². The van der Waals surface area contributed by atoms with E-state index in [1.54, 1.807) is 0 Å². The van der Waals surface area contributed by atoms with Gasteiger partial charge in [0, 0.05) is 25.0 Å². The maximum absolute atomic E-state index is 12.2. The summed E-state index contributed by atoms with van der Waals surface area (Å²) in [6, 6.07) is 0.426. The van der Waals surface area contributed by atoms with Gasteiger partial charge in [-0.2, -0.15) is 0 Å². The SMILES string of the molecule is CCn1ccnc1CN1[C@H](C(=O)OC)C[C@@H]2CCCC[C@@H]21. The maximum atomic E-state index is 12.2. The first kappa shape index (κ1) is 14.6. The lowest BCUT2D eigenvalue weighted by molar-refractivity contribution is -0.146. The van der Waals surface area contributed by atoms with E-state index in [9.17, 15) is 4.79 Å². The highest BCUT2D eigenvalue weighted by atomic mass is 16.5. The third kappa shape index (κ3) is 2.71. The smallest absolute Gasteiger partial charge is 0.323 e. The summed E-state index contributed by atoms with van der Waals surface area (Å²) in [5.74, 6) is 1.62. The van der Waals surface area contributed by atoms with E-state index in [-0.39, 0.29) is 12.0 Å². The van der Waals surface area contributed by atoms with Gasteiger partial charge in [0.1, 0.15) is 11.9 Å². The van der Waals surface area contributed by atoms with Crippen LogP contribution in [-0.4, -0.2) is 39.6 Å². The Bertz CT molecular complexity index is 499. The van der Waals surface area contributed by atoms with Gasteiger partial charge in [-0.05, 0) is 32.1 Å². The fraction of sp³-hybridized carbons (Fsp3) is 0.750. The minimum Gasteiger partial charge on any atom is -0.468 e. The number of fused-ring (bicyclic) bond motifs is 1. The minimum absolute atomic E-state index is 0.0843. The molecule has 3 atom stereocenters. The molecule has 0 N–H and O–H groups in total. The monoisotopic (exact) mass is 291 g/mol. The van der Waals surface area contributed by atoms with E-state index in [1.807, 2.05) is 12.4 Å². The van der Waals surface area contributed by atoms with Crippen molar-refractivity contribution in [2.75, 3.05) is 7.11 Å². The molecule has 1 saturated heterocycles. The molecule has 0 bridgehead atoms. The average molecular weight is 291 g/mol. The molecule has 0 aromatic carbocycles. The van der Waals surface area contributed by atoms with Crippen molar-refractivity contribution in [3.8, 4) is 0 Å². The van der Waals surface area contributed by atoms with Crippen molar-refractivity contribution in [2.45, 2.75) is 64.2 Å². The van der Waals surface area contributed by atoms with Gasteiger partial charge >= 0.3 is 5.97 Å². The third-order valence-electron chi connectivity index (χ3n) is 5.16. The number of hydrogen-bond donors (Lipinski definition) is 0. The topological polar surface area (TPSA) is 47.4 Å². The van der Waals surface area contributed by atoms with Gasteiger partial charge in [0.15, 0.2) is 0 Å². The van der Waals surface area contributed by atoms with E-state index in [0.717, 1.165) is 25.3 Å². The summed E-state index contributed by atoms with van der Waals surface area (Å²) in [5.41, 5.74) is 0. The summed E-state index contributed by atoms with van der Waals surface area (Å²) in [7, 11) is 1.50. The molecule has 116 valence electrons. The number of rotatable bonds is 4. The molecule has 0 spiro atoms. The number of aryl methyl sites for hydroxylation is 1. The van der Waals surface area contributed by atoms with Gasteiger partial charge in [-0.25, -0.2) is 4.98 Å². The summed E-state index contributed by atoms with van der Waals surface area (Å²) in [6.45, 7) is 3.79. The molecule has 21 heavy (non-hydrogen) atoms. The second kappa shape index (κ2) is 6.18. The molecule has 1 aromatic heterocycles. The van der Waals surface area contributed by atoms with Crippen LogP contribution >= 0.6 is 0 Å². The van der Waals surface area contributed by atoms with Crippen LogP contribution in [0.15, 0.2) is 12.4 Å². The first-order chi connectivity index (χ1) is 10.2. The van der Waals surface area contributed by atoms with E-state index < -0.39 is 0 Å². The van der Waals surface area contributed by atoms with Crippen LogP contribution < -0.4 is 0 Å². The van der Waals surface area contributed by atoms with Gasteiger partial charge in [0.2, 0.25) is 0 Å². The van der Waals surface area contributed by atoms with Crippen molar-refractivity contribution in [3.05, 3.63) is 18.2 Å². The molecule has 5 nitrogen and oxygen atoms in total. The van der Waals surface area contributed by atoms with Crippen LogP contribution in [0, 0.1) is 5.92 Å². The standard InChI is InChI=1S/C16H25N3O2/c1-3-18-9-8-17-15(18)11-19-13-7-5-4-6-12(13)10-14(19)16(20)21-2/h8-9,12-14H,3-7,10-11H2,1-2H3/t12-,13-,14-/m0/s1. The second-order valence-corrected chi connectivity index (χ2v) is 6.19. The Morgan fingerprint density at radius 1 is 1.43 bits per heavy atom. The Kier molecular flexibility index (Phi) is 4.29. The van der Waals surface area contributed by atoms with E-state index in [0.29, 0.717) is 12.0 Å². The normalized spacial score (nSPS) is 29.3. The third-order valence-corrected chi connectivity index (χ3v) is 5.16. The molecule has 5 heteroatoms. The van der Waals surface area contributed by atoms with Gasteiger partial charge in [-0.15, -0.1) is 0 Å². The molecular formula is C16H25N3O2. The average Bonchev–Trinajstić information content (AvgIpc) is 3.11. The highest BCUT2D eigenvalue weighted by Crippen LogP contribution is 2.40.